The second kappa shape index (κ2) is 7.70. The van der Waals surface area contributed by atoms with Crippen LogP contribution in [0.3, 0.4) is 0 Å². The van der Waals surface area contributed by atoms with Gasteiger partial charge in [-0.3, -0.25) is 4.79 Å². The molecule has 4 nitrogen and oxygen atoms in total. The number of aryl methyl sites for hydroxylation is 2. The van der Waals surface area contributed by atoms with Crippen molar-refractivity contribution in [1.82, 2.24) is 4.90 Å². The molecule has 1 aliphatic carbocycles. The first-order valence-electron chi connectivity index (χ1n) is 9.07. The van der Waals surface area contributed by atoms with Crippen LogP contribution in [0, 0.1) is 13.8 Å². The van der Waals surface area contributed by atoms with Crippen molar-refractivity contribution in [3.05, 3.63) is 29.3 Å². The lowest BCUT2D eigenvalue weighted by atomic mass is 10.1. The molecule has 1 aromatic rings. The van der Waals surface area contributed by atoms with Gasteiger partial charge in [-0.15, -0.1) is 11.8 Å². The molecular formula is C19H27NO3S2. The van der Waals surface area contributed by atoms with Crippen molar-refractivity contribution in [1.29, 1.82) is 0 Å². The lowest BCUT2D eigenvalue weighted by Crippen LogP contribution is -2.47. The van der Waals surface area contributed by atoms with Gasteiger partial charge in [-0.05, 0) is 44.7 Å². The molecule has 1 unspecified atom stereocenters. The van der Waals surface area contributed by atoms with E-state index in [-0.39, 0.29) is 29.5 Å². The molecule has 1 atom stereocenters. The van der Waals surface area contributed by atoms with Gasteiger partial charge in [-0.1, -0.05) is 30.5 Å². The summed E-state index contributed by atoms with van der Waals surface area (Å²) in [5.41, 5.74) is 2.41. The summed E-state index contributed by atoms with van der Waals surface area (Å²) in [5.74, 6) is 0.845. The number of rotatable bonds is 5. The quantitative estimate of drug-likeness (QED) is 0.734. The van der Waals surface area contributed by atoms with Crippen molar-refractivity contribution < 1.29 is 13.2 Å². The number of benzene rings is 1. The summed E-state index contributed by atoms with van der Waals surface area (Å²) in [4.78, 5) is 16.1. The van der Waals surface area contributed by atoms with Gasteiger partial charge in [0.2, 0.25) is 5.91 Å². The van der Waals surface area contributed by atoms with E-state index >= 15 is 0 Å². The van der Waals surface area contributed by atoms with Gasteiger partial charge in [0.1, 0.15) is 0 Å². The lowest BCUT2D eigenvalue weighted by Gasteiger charge is -2.34. The Morgan fingerprint density at radius 1 is 1.16 bits per heavy atom. The highest BCUT2D eigenvalue weighted by Crippen LogP contribution is 2.31. The molecule has 1 amide bonds. The third kappa shape index (κ3) is 4.59. The van der Waals surface area contributed by atoms with E-state index in [1.54, 1.807) is 11.8 Å². The fourth-order valence-corrected chi connectivity index (χ4v) is 6.65. The van der Waals surface area contributed by atoms with Crippen LogP contribution in [0.5, 0.6) is 0 Å². The Morgan fingerprint density at radius 3 is 2.48 bits per heavy atom. The maximum atomic E-state index is 13.0. The fourth-order valence-electron chi connectivity index (χ4n) is 4.06. The molecular weight excluding hydrogens is 354 g/mol. The van der Waals surface area contributed by atoms with Gasteiger partial charge in [-0.2, -0.15) is 0 Å². The monoisotopic (exact) mass is 381 g/mol. The average Bonchev–Trinajstić information content (AvgIpc) is 3.17. The Balaban J connectivity index is 1.70. The SMILES string of the molecule is Cc1ccc(SCC(=O)N(C2CCCC2)C2CCS(=O)(=O)C2)c(C)c1. The van der Waals surface area contributed by atoms with Crippen LogP contribution in [0.2, 0.25) is 0 Å². The molecule has 1 aromatic carbocycles. The van der Waals surface area contributed by atoms with Crippen LogP contribution in [-0.4, -0.2) is 48.6 Å². The Morgan fingerprint density at radius 2 is 1.88 bits per heavy atom. The van der Waals surface area contributed by atoms with E-state index in [0.717, 1.165) is 30.6 Å². The molecule has 2 aliphatic rings. The van der Waals surface area contributed by atoms with E-state index < -0.39 is 9.84 Å². The third-order valence-electron chi connectivity index (χ3n) is 5.29. The van der Waals surface area contributed by atoms with Gasteiger partial charge in [0.05, 0.1) is 17.3 Å². The van der Waals surface area contributed by atoms with Crippen LogP contribution in [-0.2, 0) is 14.6 Å². The van der Waals surface area contributed by atoms with Gasteiger partial charge >= 0.3 is 0 Å². The molecule has 3 rings (SSSR count). The molecule has 0 aromatic heterocycles. The first-order chi connectivity index (χ1) is 11.9. The Hall–Kier alpha value is -1.01. The van der Waals surface area contributed by atoms with Crippen LogP contribution in [0.25, 0.3) is 0 Å². The fraction of sp³-hybridized carbons (Fsp3) is 0.632. The number of sulfone groups is 1. The summed E-state index contributed by atoms with van der Waals surface area (Å²) in [5, 5.41) is 0. The van der Waals surface area contributed by atoms with E-state index in [1.165, 1.54) is 11.1 Å². The molecule has 2 fully saturated rings. The number of nitrogens with zero attached hydrogens (tertiary/aromatic N) is 1. The molecule has 0 N–H and O–H groups in total. The molecule has 138 valence electrons. The second-order valence-corrected chi connectivity index (χ2v) is 10.6. The highest BCUT2D eigenvalue weighted by Gasteiger charge is 2.38. The highest BCUT2D eigenvalue weighted by atomic mass is 32.2. The molecule has 1 saturated carbocycles. The minimum Gasteiger partial charge on any atom is -0.335 e. The van der Waals surface area contributed by atoms with E-state index in [0.29, 0.717) is 12.2 Å². The summed E-state index contributed by atoms with van der Waals surface area (Å²) in [6.07, 6.45) is 4.89. The van der Waals surface area contributed by atoms with Crippen LogP contribution >= 0.6 is 11.8 Å². The summed E-state index contributed by atoms with van der Waals surface area (Å²) in [7, 11) is -2.98. The highest BCUT2D eigenvalue weighted by molar-refractivity contribution is 8.00. The lowest BCUT2D eigenvalue weighted by molar-refractivity contribution is -0.132. The largest absolute Gasteiger partial charge is 0.335 e. The van der Waals surface area contributed by atoms with Crippen molar-refractivity contribution in [2.24, 2.45) is 0 Å². The Kier molecular flexibility index (Phi) is 5.78. The topological polar surface area (TPSA) is 54.5 Å². The number of thioether (sulfide) groups is 1. The number of carbonyl (C=O) groups excluding carboxylic acids is 1. The van der Waals surface area contributed by atoms with Crippen molar-refractivity contribution >= 4 is 27.5 Å². The van der Waals surface area contributed by atoms with E-state index in [9.17, 15) is 13.2 Å². The maximum Gasteiger partial charge on any atom is 0.233 e. The molecule has 1 aliphatic heterocycles. The van der Waals surface area contributed by atoms with Crippen LogP contribution in [0.4, 0.5) is 0 Å². The molecule has 1 saturated heterocycles. The van der Waals surface area contributed by atoms with Gasteiger partial charge in [-0.25, -0.2) is 8.42 Å². The van der Waals surface area contributed by atoms with Gasteiger partial charge in [0.15, 0.2) is 9.84 Å². The van der Waals surface area contributed by atoms with Crippen molar-refractivity contribution in [3.8, 4) is 0 Å². The van der Waals surface area contributed by atoms with E-state index in [4.69, 9.17) is 0 Å². The predicted octanol–water partition coefficient (Wildman–Crippen LogP) is 3.35. The summed E-state index contributed by atoms with van der Waals surface area (Å²) >= 11 is 1.57. The third-order valence-corrected chi connectivity index (χ3v) is 8.20. The second-order valence-electron chi connectivity index (χ2n) is 7.35. The number of carbonyl (C=O) groups is 1. The van der Waals surface area contributed by atoms with Crippen LogP contribution < -0.4 is 0 Å². The van der Waals surface area contributed by atoms with Gasteiger partial charge in [0, 0.05) is 17.0 Å². The van der Waals surface area contributed by atoms with Gasteiger partial charge < -0.3 is 4.90 Å². The molecule has 1 heterocycles. The smallest absolute Gasteiger partial charge is 0.233 e. The van der Waals surface area contributed by atoms with Crippen LogP contribution in [0.15, 0.2) is 23.1 Å². The van der Waals surface area contributed by atoms with E-state index in [2.05, 4.69) is 32.0 Å². The Labute approximate surface area is 155 Å². The maximum absolute atomic E-state index is 13.0. The van der Waals surface area contributed by atoms with Crippen molar-refractivity contribution in [2.75, 3.05) is 17.3 Å². The first kappa shape index (κ1) is 18.8. The minimum atomic E-state index is -2.98. The average molecular weight is 382 g/mol. The molecule has 25 heavy (non-hydrogen) atoms. The molecule has 6 heteroatoms. The van der Waals surface area contributed by atoms with Crippen molar-refractivity contribution in [2.45, 2.75) is 62.9 Å². The Bertz CT molecular complexity index is 739. The van der Waals surface area contributed by atoms with Gasteiger partial charge in [0.25, 0.3) is 0 Å². The van der Waals surface area contributed by atoms with Crippen LogP contribution in [0.1, 0.15) is 43.2 Å². The summed E-state index contributed by atoms with van der Waals surface area (Å²) < 4.78 is 23.8. The van der Waals surface area contributed by atoms with Crippen molar-refractivity contribution in [3.63, 3.8) is 0 Å². The van der Waals surface area contributed by atoms with E-state index in [1.807, 2.05) is 4.90 Å². The zero-order valence-corrected chi connectivity index (χ0v) is 16.7. The normalized spacial score (nSPS) is 23.0. The molecule has 0 spiro atoms. The molecule has 0 radical (unpaired) electrons. The number of hydrogen-bond acceptors (Lipinski definition) is 4. The standard InChI is InChI=1S/C19H27NO3S2/c1-14-7-8-18(15(2)11-14)24-12-19(21)20(16-5-3-4-6-16)17-9-10-25(22,23)13-17/h7-8,11,16-17H,3-6,9-10,12-13H2,1-2H3. The summed E-state index contributed by atoms with van der Waals surface area (Å²) in [6, 6.07) is 6.37. The molecule has 0 bridgehead atoms. The zero-order chi connectivity index (χ0) is 18.0. The number of hydrogen-bond donors (Lipinski definition) is 0. The first-order valence-corrected chi connectivity index (χ1v) is 11.9. The zero-order valence-electron chi connectivity index (χ0n) is 15.0. The summed E-state index contributed by atoms with van der Waals surface area (Å²) in [6.45, 7) is 4.13. The predicted molar refractivity (Wildman–Crippen MR) is 103 cm³/mol. The minimum absolute atomic E-state index is 0.0963. The number of amides is 1.